The fourth-order valence-electron chi connectivity index (χ4n) is 2.37. The summed E-state index contributed by atoms with van der Waals surface area (Å²) in [7, 11) is 1.98. The molecule has 0 radical (unpaired) electrons. The Bertz CT molecular complexity index is 552. The van der Waals surface area contributed by atoms with Crippen molar-refractivity contribution in [2.45, 2.75) is 19.4 Å². The third kappa shape index (κ3) is 3.36. The lowest BCUT2D eigenvalue weighted by molar-refractivity contribution is 0.592. The lowest BCUT2D eigenvalue weighted by Gasteiger charge is -2.24. The Morgan fingerprint density at radius 1 is 1.10 bits per heavy atom. The maximum Gasteiger partial charge on any atom is 0.130 e. The van der Waals surface area contributed by atoms with Gasteiger partial charge in [-0.1, -0.05) is 36.4 Å². The van der Waals surface area contributed by atoms with E-state index in [9.17, 15) is 4.39 Å². The predicted molar refractivity (Wildman–Crippen MR) is 82.4 cm³/mol. The third-order valence-corrected chi connectivity index (χ3v) is 3.48. The summed E-state index contributed by atoms with van der Waals surface area (Å²) in [5, 5.41) is 0. The molecular weight excluding hydrogens is 251 g/mol. The molecule has 0 aliphatic heterocycles. The molecular formula is C17H21FN2. The average molecular weight is 272 g/mol. The quantitative estimate of drug-likeness (QED) is 0.902. The van der Waals surface area contributed by atoms with Crippen LogP contribution in [0.5, 0.6) is 0 Å². The molecule has 0 saturated heterocycles. The number of hydrogen-bond acceptors (Lipinski definition) is 2. The van der Waals surface area contributed by atoms with E-state index in [1.54, 1.807) is 6.07 Å². The SMILES string of the molecule is CC(N)c1c(F)cccc1N(C)CCc1ccccc1. The van der Waals surface area contributed by atoms with Gasteiger partial charge in [-0.15, -0.1) is 0 Å². The van der Waals surface area contributed by atoms with E-state index in [0.717, 1.165) is 18.7 Å². The number of likely N-dealkylation sites (N-methyl/N-ethyl adjacent to an activating group) is 1. The van der Waals surface area contributed by atoms with Crippen molar-refractivity contribution in [2.75, 3.05) is 18.5 Å². The number of hydrogen-bond donors (Lipinski definition) is 1. The van der Waals surface area contributed by atoms with Crippen LogP contribution >= 0.6 is 0 Å². The van der Waals surface area contributed by atoms with Crippen molar-refractivity contribution >= 4 is 5.69 Å². The van der Waals surface area contributed by atoms with Gasteiger partial charge >= 0.3 is 0 Å². The van der Waals surface area contributed by atoms with Gasteiger partial charge in [0.25, 0.3) is 0 Å². The van der Waals surface area contributed by atoms with Gasteiger partial charge in [0, 0.05) is 30.9 Å². The molecule has 20 heavy (non-hydrogen) atoms. The van der Waals surface area contributed by atoms with Crippen LogP contribution in [0.15, 0.2) is 48.5 Å². The number of halogens is 1. The Balaban J connectivity index is 2.13. The van der Waals surface area contributed by atoms with Gasteiger partial charge in [-0.2, -0.15) is 0 Å². The third-order valence-electron chi connectivity index (χ3n) is 3.48. The van der Waals surface area contributed by atoms with Crippen molar-refractivity contribution in [3.05, 3.63) is 65.5 Å². The van der Waals surface area contributed by atoms with E-state index in [1.165, 1.54) is 11.6 Å². The lowest BCUT2D eigenvalue weighted by Crippen LogP contribution is -2.23. The van der Waals surface area contributed by atoms with Crippen molar-refractivity contribution in [1.29, 1.82) is 0 Å². The molecule has 0 aromatic heterocycles. The van der Waals surface area contributed by atoms with Gasteiger partial charge in [-0.25, -0.2) is 4.39 Å². The van der Waals surface area contributed by atoms with Crippen LogP contribution in [-0.2, 0) is 6.42 Å². The topological polar surface area (TPSA) is 29.3 Å². The molecule has 1 unspecified atom stereocenters. The summed E-state index contributed by atoms with van der Waals surface area (Å²) in [6.45, 7) is 2.64. The Labute approximate surface area is 120 Å². The maximum absolute atomic E-state index is 13.9. The molecule has 2 N–H and O–H groups in total. The van der Waals surface area contributed by atoms with E-state index in [4.69, 9.17) is 5.73 Å². The summed E-state index contributed by atoms with van der Waals surface area (Å²) in [6.07, 6.45) is 0.923. The number of rotatable bonds is 5. The monoisotopic (exact) mass is 272 g/mol. The molecule has 0 bridgehead atoms. The Hall–Kier alpha value is -1.87. The molecule has 0 aliphatic carbocycles. The number of benzene rings is 2. The normalized spacial score (nSPS) is 12.2. The van der Waals surface area contributed by atoms with E-state index in [2.05, 4.69) is 17.0 Å². The molecule has 2 nitrogen and oxygen atoms in total. The van der Waals surface area contributed by atoms with E-state index >= 15 is 0 Å². The Morgan fingerprint density at radius 3 is 2.45 bits per heavy atom. The van der Waals surface area contributed by atoms with E-state index < -0.39 is 0 Å². The summed E-state index contributed by atoms with van der Waals surface area (Å²) in [5.41, 5.74) is 8.63. The van der Waals surface area contributed by atoms with Crippen LogP contribution in [0.3, 0.4) is 0 Å². The lowest BCUT2D eigenvalue weighted by atomic mass is 10.0. The summed E-state index contributed by atoms with van der Waals surface area (Å²) in [4.78, 5) is 2.06. The van der Waals surface area contributed by atoms with Crippen molar-refractivity contribution < 1.29 is 4.39 Å². The minimum Gasteiger partial charge on any atom is -0.374 e. The molecule has 0 fully saturated rings. The second-order valence-corrected chi connectivity index (χ2v) is 5.12. The van der Waals surface area contributed by atoms with Crippen LogP contribution in [0.4, 0.5) is 10.1 Å². The molecule has 0 spiro atoms. The first kappa shape index (κ1) is 14.5. The van der Waals surface area contributed by atoms with Crippen molar-refractivity contribution in [1.82, 2.24) is 0 Å². The summed E-state index contributed by atoms with van der Waals surface area (Å²) < 4.78 is 13.9. The Kier molecular flexibility index (Phi) is 4.74. The minimum absolute atomic E-state index is 0.232. The van der Waals surface area contributed by atoms with Crippen LogP contribution in [0.2, 0.25) is 0 Å². The smallest absolute Gasteiger partial charge is 0.130 e. The molecule has 0 amide bonds. The predicted octanol–water partition coefficient (Wildman–Crippen LogP) is 3.52. The average Bonchev–Trinajstić information content (AvgIpc) is 2.45. The molecule has 106 valence electrons. The van der Waals surface area contributed by atoms with E-state index in [-0.39, 0.29) is 11.9 Å². The highest BCUT2D eigenvalue weighted by molar-refractivity contribution is 5.55. The number of nitrogens with zero attached hydrogens (tertiary/aromatic N) is 1. The number of anilines is 1. The van der Waals surface area contributed by atoms with Crippen LogP contribution in [0, 0.1) is 5.82 Å². The second kappa shape index (κ2) is 6.53. The van der Waals surface area contributed by atoms with Crippen LogP contribution < -0.4 is 10.6 Å². The summed E-state index contributed by atoms with van der Waals surface area (Å²) >= 11 is 0. The standard InChI is InChI=1S/C17H21FN2/c1-13(19)17-15(18)9-6-10-16(17)20(2)12-11-14-7-4-3-5-8-14/h3-10,13H,11-12,19H2,1-2H3. The minimum atomic E-state index is -0.314. The molecule has 0 saturated carbocycles. The molecule has 3 heteroatoms. The van der Waals surface area contributed by atoms with Gasteiger partial charge in [-0.3, -0.25) is 0 Å². The van der Waals surface area contributed by atoms with E-state index in [0.29, 0.717) is 5.56 Å². The van der Waals surface area contributed by atoms with Gasteiger partial charge in [0.2, 0.25) is 0 Å². The fourth-order valence-corrected chi connectivity index (χ4v) is 2.37. The first-order valence-corrected chi connectivity index (χ1v) is 6.88. The fraction of sp³-hybridized carbons (Fsp3) is 0.294. The van der Waals surface area contributed by atoms with Gasteiger partial charge in [0.05, 0.1) is 0 Å². The highest BCUT2D eigenvalue weighted by Gasteiger charge is 2.15. The van der Waals surface area contributed by atoms with Gasteiger partial charge in [0.15, 0.2) is 0 Å². The zero-order valence-electron chi connectivity index (χ0n) is 12.0. The maximum atomic E-state index is 13.9. The van der Waals surface area contributed by atoms with Gasteiger partial charge in [0.1, 0.15) is 5.82 Å². The zero-order valence-corrected chi connectivity index (χ0v) is 12.0. The highest BCUT2D eigenvalue weighted by atomic mass is 19.1. The molecule has 0 aliphatic rings. The number of nitrogens with two attached hydrogens (primary N) is 1. The molecule has 2 aromatic carbocycles. The van der Waals surface area contributed by atoms with Crippen molar-refractivity contribution in [3.8, 4) is 0 Å². The summed E-state index contributed by atoms with van der Waals surface area (Å²) in [6, 6.07) is 15.1. The van der Waals surface area contributed by atoms with Crippen LogP contribution in [-0.4, -0.2) is 13.6 Å². The zero-order chi connectivity index (χ0) is 14.5. The van der Waals surface area contributed by atoms with Gasteiger partial charge < -0.3 is 10.6 Å². The first-order chi connectivity index (χ1) is 9.59. The summed E-state index contributed by atoms with van der Waals surface area (Å²) in [5.74, 6) is -0.232. The van der Waals surface area contributed by atoms with E-state index in [1.807, 2.05) is 38.2 Å². The van der Waals surface area contributed by atoms with Crippen molar-refractivity contribution in [2.24, 2.45) is 5.73 Å². The second-order valence-electron chi connectivity index (χ2n) is 5.12. The molecule has 1 atom stereocenters. The Morgan fingerprint density at radius 2 is 1.80 bits per heavy atom. The van der Waals surface area contributed by atoms with Crippen molar-refractivity contribution in [3.63, 3.8) is 0 Å². The molecule has 2 aromatic rings. The molecule has 0 heterocycles. The largest absolute Gasteiger partial charge is 0.374 e. The molecule has 2 rings (SSSR count). The van der Waals surface area contributed by atoms with Gasteiger partial charge in [-0.05, 0) is 31.0 Å². The highest BCUT2D eigenvalue weighted by Crippen LogP contribution is 2.27. The van der Waals surface area contributed by atoms with Crippen LogP contribution in [0.1, 0.15) is 24.1 Å². The van der Waals surface area contributed by atoms with Crippen LogP contribution in [0.25, 0.3) is 0 Å². The first-order valence-electron chi connectivity index (χ1n) is 6.88.